The van der Waals surface area contributed by atoms with Gasteiger partial charge in [-0.1, -0.05) is 79.5 Å². The summed E-state index contributed by atoms with van der Waals surface area (Å²) in [6.07, 6.45) is 1.03. The maximum absolute atomic E-state index is 13.0. The molecular weight excluding hydrogens is 384 g/mol. The first-order valence-corrected chi connectivity index (χ1v) is 10.4. The zero-order chi connectivity index (χ0) is 21.0. The van der Waals surface area contributed by atoms with Gasteiger partial charge in [-0.15, -0.1) is 0 Å². The van der Waals surface area contributed by atoms with Gasteiger partial charge in [0.1, 0.15) is 0 Å². The summed E-state index contributed by atoms with van der Waals surface area (Å²) in [6.45, 7) is 9.30. The molecule has 4 nitrogen and oxygen atoms in total. The molecule has 5 heteroatoms. The Labute approximate surface area is 178 Å². The zero-order valence-corrected chi connectivity index (χ0v) is 18.4. The molecule has 1 heterocycles. The fourth-order valence-corrected chi connectivity index (χ4v) is 3.58. The molecule has 0 bridgehead atoms. The maximum atomic E-state index is 13.0. The number of nitrogens with zero attached hydrogens (tertiary/aromatic N) is 2. The predicted octanol–water partition coefficient (Wildman–Crippen LogP) is 5.61. The Hall–Kier alpha value is -2.33. The van der Waals surface area contributed by atoms with Gasteiger partial charge in [0, 0.05) is 24.4 Å². The molecule has 0 saturated carbocycles. The number of hydrogen-bond donors (Lipinski definition) is 0. The second kappa shape index (κ2) is 9.00. The van der Waals surface area contributed by atoms with Crippen LogP contribution in [0.4, 0.5) is 0 Å². The van der Waals surface area contributed by atoms with Gasteiger partial charge in [-0.05, 0) is 35.6 Å². The first-order chi connectivity index (χ1) is 13.7. The molecule has 2 aromatic carbocycles. The molecule has 0 unspecified atom stereocenters. The summed E-state index contributed by atoms with van der Waals surface area (Å²) >= 11 is 6.14. The molecule has 0 radical (unpaired) electrons. The summed E-state index contributed by atoms with van der Waals surface area (Å²) in [5.74, 6) is 0.116. The zero-order valence-electron chi connectivity index (χ0n) is 17.6. The normalized spacial score (nSPS) is 16.3. The van der Waals surface area contributed by atoms with Crippen molar-refractivity contribution >= 4 is 23.2 Å². The Kier molecular flexibility index (Phi) is 6.63. The molecule has 0 fully saturated rings. The largest absolute Gasteiger partial charge is 0.390 e. The summed E-state index contributed by atoms with van der Waals surface area (Å²) < 4.78 is 0. The molecule has 0 N–H and O–H groups in total. The van der Waals surface area contributed by atoms with Crippen LogP contribution in [0.5, 0.6) is 0 Å². The fraction of sp³-hybridized carbons (Fsp3) is 0.417. The van der Waals surface area contributed by atoms with E-state index in [2.05, 4.69) is 57.1 Å². The van der Waals surface area contributed by atoms with E-state index in [1.54, 1.807) is 0 Å². The highest BCUT2D eigenvalue weighted by Gasteiger charge is 2.28. The number of rotatable bonds is 6. The van der Waals surface area contributed by atoms with Crippen LogP contribution in [-0.2, 0) is 16.2 Å². The monoisotopic (exact) mass is 412 g/mol. The van der Waals surface area contributed by atoms with Crippen molar-refractivity contribution in [1.29, 1.82) is 0 Å². The number of carbonyl (C=O) groups excluding carboxylic acids is 1. The molecule has 1 aliphatic heterocycles. The Morgan fingerprint density at radius 3 is 2.59 bits per heavy atom. The lowest BCUT2D eigenvalue weighted by atomic mass is 9.91. The van der Waals surface area contributed by atoms with Crippen LogP contribution in [0.1, 0.15) is 50.3 Å². The third kappa shape index (κ3) is 6.33. The van der Waals surface area contributed by atoms with Crippen LogP contribution in [0.2, 0.25) is 5.02 Å². The van der Waals surface area contributed by atoms with E-state index in [1.165, 1.54) is 5.56 Å². The van der Waals surface area contributed by atoms with Crippen molar-refractivity contribution in [3.63, 3.8) is 0 Å². The summed E-state index contributed by atoms with van der Waals surface area (Å²) in [5.41, 5.74) is 4.15. The minimum atomic E-state index is -0.144. The third-order valence-corrected chi connectivity index (χ3v) is 5.07. The van der Waals surface area contributed by atoms with E-state index < -0.39 is 0 Å². The van der Waals surface area contributed by atoms with Crippen LogP contribution in [0.25, 0.3) is 0 Å². The highest BCUT2D eigenvalue weighted by molar-refractivity contribution is 6.30. The summed E-state index contributed by atoms with van der Waals surface area (Å²) in [4.78, 5) is 20.6. The van der Waals surface area contributed by atoms with Gasteiger partial charge in [0.2, 0.25) is 5.91 Å². The number of aryl methyl sites for hydroxylation is 1. The Morgan fingerprint density at radius 1 is 1.21 bits per heavy atom. The van der Waals surface area contributed by atoms with Gasteiger partial charge in [0.05, 0.1) is 12.3 Å². The van der Waals surface area contributed by atoms with Crippen molar-refractivity contribution < 1.29 is 9.63 Å². The maximum Gasteiger partial charge on any atom is 0.223 e. The van der Waals surface area contributed by atoms with Gasteiger partial charge < -0.3 is 9.74 Å². The SMILES string of the molecule is Cc1ccc(C2=NO[C@H](CN(Cc3cccc(Cl)c3)C(=O)CC(C)(C)C)C2)cc1. The summed E-state index contributed by atoms with van der Waals surface area (Å²) in [6, 6.07) is 15.9. The van der Waals surface area contributed by atoms with E-state index in [0.29, 0.717) is 31.0 Å². The average Bonchev–Trinajstić information content (AvgIpc) is 3.09. The van der Waals surface area contributed by atoms with Gasteiger partial charge in [-0.25, -0.2) is 0 Å². The lowest BCUT2D eigenvalue weighted by molar-refractivity contribution is -0.135. The van der Waals surface area contributed by atoms with Crippen LogP contribution in [0, 0.1) is 12.3 Å². The van der Waals surface area contributed by atoms with Gasteiger partial charge in [-0.2, -0.15) is 0 Å². The van der Waals surface area contributed by atoms with Crippen LogP contribution in [0.3, 0.4) is 0 Å². The highest BCUT2D eigenvalue weighted by Crippen LogP contribution is 2.24. The molecule has 0 aliphatic carbocycles. The van der Waals surface area contributed by atoms with Crippen LogP contribution in [0.15, 0.2) is 53.7 Å². The van der Waals surface area contributed by atoms with Crippen molar-refractivity contribution in [2.75, 3.05) is 6.54 Å². The van der Waals surface area contributed by atoms with Crippen LogP contribution < -0.4 is 0 Å². The van der Waals surface area contributed by atoms with Gasteiger partial charge >= 0.3 is 0 Å². The molecule has 0 saturated heterocycles. The van der Waals surface area contributed by atoms with Crippen molar-refractivity contribution in [3.8, 4) is 0 Å². The second-order valence-corrected chi connectivity index (χ2v) is 9.41. The van der Waals surface area contributed by atoms with E-state index in [4.69, 9.17) is 16.4 Å². The molecule has 29 heavy (non-hydrogen) atoms. The average molecular weight is 413 g/mol. The number of hydrogen-bond acceptors (Lipinski definition) is 3. The standard InChI is InChI=1S/C24H29ClN2O2/c1-17-8-10-19(11-9-17)22-13-21(29-26-22)16-27(23(28)14-24(2,3)4)15-18-6-5-7-20(25)12-18/h5-12,21H,13-16H2,1-4H3/t21-/m0/s1. The smallest absolute Gasteiger partial charge is 0.223 e. The lowest BCUT2D eigenvalue weighted by Crippen LogP contribution is -2.38. The molecule has 2 aromatic rings. The van der Waals surface area contributed by atoms with Gasteiger partial charge in [0.15, 0.2) is 6.10 Å². The summed E-state index contributed by atoms with van der Waals surface area (Å²) in [5, 5.41) is 4.96. The molecule has 154 valence electrons. The molecule has 0 spiro atoms. The Balaban J connectivity index is 1.69. The molecule has 1 atom stereocenters. The molecule has 1 aliphatic rings. The number of amides is 1. The van der Waals surface area contributed by atoms with Crippen molar-refractivity contribution in [3.05, 3.63) is 70.2 Å². The predicted molar refractivity (Wildman–Crippen MR) is 118 cm³/mol. The summed E-state index contributed by atoms with van der Waals surface area (Å²) in [7, 11) is 0. The number of benzene rings is 2. The van der Waals surface area contributed by atoms with Crippen molar-refractivity contribution in [1.82, 2.24) is 4.90 Å². The Morgan fingerprint density at radius 2 is 1.93 bits per heavy atom. The minimum Gasteiger partial charge on any atom is -0.390 e. The van der Waals surface area contributed by atoms with E-state index in [9.17, 15) is 4.79 Å². The van der Waals surface area contributed by atoms with E-state index in [-0.39, 0.29) is 17.4 Å². The van der Waals surface area contributed by atoms with Crippen LogP contribution >= 0.6 is 11.6 Å². The third-order valence-electron chi connectivity index (χ3n) is 4.84. The number of halogens is 1. The molecule has 1 amide bonds. The molecule has 0 aromatic heterocycles. The first-order valence-electron chi connectivity index (χ1n) is 10.0. The van der Waals surface area contributed by atoms with Crippen molar-refractivity contribution in [2.24, 2.45) is 10.6 Å². The Bertz CT molecular complexity index is 884. The lowest BCUT2D eigenvalue weighted by Gasteiger charge is -2.28. The van der Waals surface area contributed by atoms with Crippen LogP contribution in [-0.4, -0.2) is 29.2 Å². The van der Waals surface area contributed by atoms with Crippen molar-refractivity contribution in [2.45, 2.75) is 53.2 Å². The fourth-order valence-electron chi connectivity index (χ4n) is 3.36. The number of carbonyl (C=O) groups is 1. The highest BCUT2D eigenvalue weighted by atomic mass is 35.5. The first kappa shape index (κ1) is 21.4. The second-order valence-electron chi connectivity index (χ2n) is 8.98. The molecular formula is C24H29ClN2O2. The minimum absolute atomic E-state index is 0.0796. The molecule has 3 rings (SSSR count). The quantitative estimate of drug-likeness (QED) is 0.619. The van der Waals surface area contributed by atoms with Gasteiger partial charge in [-0.3, -0.25) is 4.79 Å². The number of oxime groups is 1. The van der Waals surface area contributed by atoms with Gasteiger partial charge in [0.25, 0.3) is 0 Å². The van der Waals surface area contributed by atoms with E-state index >= 15 is 0 Å². The van der Waals surface area contributed by atoms with E-state index in [0.717, 1.165) is 16.8 Å². The van der Waals surface area contributed by atoms with E-state index in [1.807, 2.05) is 29.2 Å². The topological polar surface area (TPSA) is 41.9 Å².